The van der Waals surface area contributed by atoms with Crippen LogP contribution in [0.4, 0.5) is 5.69 Å². The van der Waals surface area contributed by atoms with Gasteiger partial charge < -0.3 is 10.6 Å². The highest BCUT2D eigenvalue weighted by Crippen LogP contribution is 2.23. The summed E-state index contributed by atoms with van der Waals surface area (Å²) in [6.07, 6.45) is 5.17. The number of nitrogens with one attached hydrogen (secondary N) is 2. The van der Waals surface area contributed by atoms with Gasteiger partial charge in [0.25, 0.3) is 0 Å². The van der Waals surface area contributed by atoms with Gasteiger partial charge in [0.2, 0.25) is 15.9 Å². The molecule has 1 saturated carbocycles. The normalized spacial score (nSPS) is 16.0. The van der Waals surface area contributed by atoms with Crippen molar-refractivity contribution in [2.75, 3.05) is 19.4 Å². The van der Waals surface area contributed by atoms with Crippen LogP contribution in [0.25, 0.3) is 0 Å². The van der Waals surface area contributed by atoms with Gasteiger partial charge in [-0.2, -0.15) is 0 Å². The summed E-state index contributed by atoms with van der Waals surface area (Å²) in [6.45, 7) is 0. The van der Waals surface area contributed by atoms with Crippen LogP contribution in [0, 0.1) is 5.92 Å². The fraction of sp³-hybridized carbons (Fsp3) is 0.500. The maximum atomic E-state index is 12.1. The number of thiocarbonyl (C=S) groups is 1. The van der Waals surface area contributed by atoms with Crippen LogP contribution in [0.2, 0.25) is 0 Å². The van der Waals surface area contributed by atoms with Crippen molar-refractivity contribution in [2.45, 2.75) is 37.0 Å². The van der Waals surface area contributed by atoms with Gasteiger partial charge in [-0.3, -0.25) is 4.79 Å². The average Bonchev–Trinajstić information content (AvgIpc) is 2.56. The number of carbonyl (C=O) groups is 1. The lowest BCUT2D eigenvalue weighted by Crippen LogP contribution is -2.39. The second-order valence-electron chi connectivity index (χ2n) is 6.09. The third-order valence-electron chi connectivity index (χ3n) is 4.10. The van der Waals surface area contributed by atoms with Crippen molar-refractivity contribution in [3.05, 3.63) is 24.3 Å². The maximum Gasteiger partial charge on any atom is 0.242 e. The lowest BCUT2D eigenvalue weighted by molar-refractivity contribution is -0.124. The van der Waals surface area contributed by atoms with Crippen LogP contribution < -0.4 is 10.6 Å². The summed E-state index contributed by atoms with van der Waals surface area (Å²) < 4.78 is 25.2. The molecule has 0 saturated heterocycles. The Morgan fingerprint density at radius 1 is 1.12 bits per heavy atom. The smallest absolute Gasteiger partial charge is 0.242 e. The zero-order valence-electron chi connectivity index (χ0n) is 13.9. The minimum atomic E-state index is -3.45. The summed E-state index contributed by atoms with van der Waals surface area (Å²) >= 11 is 5.16. The van der Waals surface area contributed by atoms with Gasteiger partial charge in [0.05, 0.1) is 4.90 Å². The Kier molecular flexibility index (Phi) is 6.31. The van der Waals surface area contributed by atoms with Gasteiger partial charge in [0, 0.05) is 25.7 Å². The lowest BCUT2D eigenvalue weighted by atomic mass is 9.89. The van der Waals surface area contributed by atoms with E-state index in [2.05, 4.69) is 10.6 Å². The topological polar surface area (TPSA) is 78.5 Å². The Bertz CT molecular complexity index is 694. The second-order valence-corrected chi connectivity index (χ2v) is 8.65. The molecule has 0 aromatic heterocycles. The number of sulfonamides is 1. The number of anilines is 1. The van der Waals surface area contributed by atoms with Gasteiger partial charge in [0.1, 0.15) is 0 Å². The fourth-order valence-corrected chi connectivity index (χ4v) is 3.78. The van der Waals surface area contributed by atoms with E-state index in [9.17, 15) is 13.2 Å². The minimum Gasteiger partial charge on any atom is -0.332 e. The van der Waals surface area contributed by atoms with Crippen molar-refractivity contribution < 1.29 is 13.2 Å². The Hall–Kier alpha value is -1.51. The molecule has 24 heavy (non-hydrogen) atoms. The van der Waals surface area contributed by atoms with Crippen LogP contribution in [0.1, 0.15) is 32.1 Å². The van der Waals surface area contributed by atoms with Crippen molar-refractivity contribution in [1.82, 2.24) is 9.62 Å². The molecule has 1 aromatic rings. The van der Waals surface area contributed by atoms with Crippen LogP contribution in [-0.2, 0) is 14.8 Å². The molecule has 0 aliphatic heterocycles. The summed E-state index contributed by atoms with van der Waals surface area (Å²) in [4.78, 5) is 12.3. The quantitative estimate of drug-likeness (QED) is 0.797. The minimum absolute atomic E-state index is 0.0334. The number of benzene rings is 1. The number of hydrogen-bond donors (Lipinski definition) is 2. The molecule has 1 aliphatic rings. The zero-order valence-corrected chi connectivity index (χ0v) is 15.5. The van der Waals surface area contributed by atoms with E-state index < -0.39 is 10.0 Å². The molecule has 8 heteroatoms. The van der Waals surface area contributed by atoms with Crippen molar-refractivity contribution in [3.63, 3.8) is 0 Å². The fourth-order valence-electron chi connectivity index (χ4n) is 2.66. The Morgan fingerprint density at radius 2 is 1.71 bits per heavy atom. The first kappa shape index (κ1) is 18.8. The monoisotopic (exact) mass is 369 g/mol. The third-order valence-corrected chi connectivity index (χ3v) is 6.14. The standard InChI is InChI=1S/C16H23N3O3S2/c1-19(2)24(21,22)14-10-8-13(9-11-14)17-16(23)18-15(20)12-6-4-3-5-7-12/h8-12H,3-7H2,1-2H3,(H2,17,18,20,23). The van der Waals surface area contributed by atoms with E-state index >= 15 is 0 Å². The van der Waals surface area contributed by atoms with E-state index in [-0.39, 0.29) is 21.8 Å². The molecule has 0 heterocycles. The molecule has 2 rings (SSSR count). The summed E-state index contributed by atoms with van der Waals surface area (Å²) in [5.41, 5.74) is 0.627. The molecule has 0 atom stereocenters. The van der Waals surface area contributed by atoms with E-state index in [1.807, 2.05) is 0 Å². The summed E-state index contributed by atoms with van der Waals surface area (Å²) in [5, 5.41) is 5.86. The van der Waals surface area contributed by atoms with E-state index in [1.165, 1.54) is 32.6 Å². The van der Waals surface area contributed by atoms with Crippen LogP contribution in [0.5, 0.6) is 0 Å². The van der Waals surface area contributed by atoms with Crippen molar-refractivity contribution in [3.8, 4) is 0 Å². The number of carbonyl (C=O) groups excluding carboxylic acids is 1. The Morgan fingerprint density at radius 3 is 2.25 bits per heavy atom. The molecule has 6 nitrogen and oxygen atoms in total. The van der Waals surface area contributed by atoms with Gasteiger partial charge in [-0.1, -0.05) is 19.3 Å². The second kappa shape index (κ2) is 8.04. The zero-order chi connectivity index (χ0) is 17.7. The Balaban J connectivity index is 1.93. The van der Waals surface area contributed by atoms with Gasteiger partial charge in [-0.25, -0.2) is 12.7 Å². The van der Waals surface area contributed by atoms with E-state index in [4.69, 9.17) is 12.2 Å². The molecule has 2 N–H and O–H groups in total. The van der Waals surface area contributed by atoms with Crippen molar-refractivity contribution in [2.24, 2.45) is 5.92 Å². The summed E-state index contributed by atoms with van der Waals surface area (Å²) in [5.74, 6) is -0.00915. The summed E-state index contributed by atoms with van der Waals surface area (Å²) in [7, 11) is -0.486. The van der Waals surface area contributed by atoms with Gasteiger partial charge >= 0.3 is 0 Å². The molecule has 0 bridgehead atoms. The largest absolute Gasteiger partial charge is 0.332 e. The maximum absolute atomic E-state index is 12.1. The third kappa shape index (κ3) is 4.75. The number of nitrogens with zero attached hydrogens (tertiary/aromatic N) is 1. The first-order chi connectivity index (χ1) is 11.3. The van der Waals surface area contributed by atoms with Gasteiger partial charge in [-0.15, -0.1) is 0 Å². The van der Waals surface area contributed by atoms with Crippen molar-refractivity contribution in [1.29, 1.82) is 0 Å². The predicted molar refractivity (Wildman–Crippen MR) is 98.3 cm³/mol. The predicted octanol–water partition coefficient (Wildman–Crippen LogP) is 2.33. The van der Waals surface area contributed by atoms with E-state index in [1.54, 1.807) is 12.1 Å². The summed E-state index contributed by atoms with van der Waals surface area (Å²) in [6, 6.07) is 6.25. The Labute approximate surface area is 148 Å². The van der Waals surface area contributed by atoms with Crippen LogP contribution >= 0.6 is 12.2 Å². The molecular weight excluding hydrogens is 346 g/mol. The SMILES string of the molecule is CN(C)S(=O)(=O)c1ccc(NC(=S)NC(=O)C2CCCCC2)cc1. The number of hydrogen-bond acceptors (Lipinski definition) is 4. The van der Waals surface area contributed by atoms with Crippen LogP contribution in [0.15, 0.2) is 29.2 Å². The highest BCUT2D eigenvalue weighted by Gasteiger charge is 2.22. The van der Waals surface area contributed by atoms with E-state index in [0.717, 1.165) is 30.0 Å². The van der Waals surface area contributed by atoms with Gasteiger partial charge in [0.15, 0.2) is 5.11 Å². The molecule has 0 radical (unpaired) electrons. The van der Waals surface area contributed by atoms with Crippen LogP contribution in [0.3, 0.4) is 0 Å². The van der Waals surface area contributed by atoms with E-state index in [0.29, 0.717) is 5.69 Å². The van der Waals surface area contributed by atoms with Gasteiger partial charge in [-0.05, 0) is 49.3 Å². The lowest BCUT2D eigenvalue weighted by Gasteiger charge is -2.21. The molecule has 1 fully saturated rings. The molecule has 0 unspecified atom stereocenters. The number of amides is 1. The van der Waals surface area contributed by atoms with Crippen LogP contribution in [-0.4, -0.2) is 37.8 Å². The van der Waals surface area contributed by atoms with Crippen molar-refractivity contribution >= 4 is 38.9 Å². The highest BCUT2D eigenvalue weighted by molar-refractivity contribution is 7.89. The molecular formula is C16H23N3O3S2. The molecule has 1 aliphatic carbocycles. The molecule has 1 aromatic carbocycles. The highest BCUT2D eigenvalue weighted by atomic mass is 32.2. The first-order valence-electron chi connectivity index (χ1n) is 7.95. The molecule has 132 valence electrons. The molecule has 1 amide bonds. The first-order valence-corrected chi connectivity index (χ1v) is 9.80. The molecule has 0 spiro atoms. The number of rotatable bonds is 4. The average molecular weight is 370 g/mol.